The predicted octanol–water partition coefficient (Wildman–Crippen LogP) is 1.08. The third-order valence-corrected chi connectivity index (χ3v) is 6.49. The number of carbonyl (C=O) groups is 1. The summed E-state index contributed by atoms with van der Waals surface area (Å²) in [5, 5.41) is 0. The Hall–Kier alpha value is -1.40. The maximum atomic E-state index is 12.5. The van der Waals surface area contributed by atoms with Gasteiger partial charge < -0.3 is 4.90 Å². The van der Waals surface area contributed by atoms with Gasteiger partial charge in [0.2, 0.25) is 5.91 Å². The summed E-state index contributed by atoms with van der Waals surface area (Å²) in [7, 11) is -1.06. The van der Waals surface area contributed by atoms with Crippen LogP contribution in [0, 0.1) is 0 Å². The number of likely N-dealkylation sites (N-methyl/N-ethyl adjacent to an activating group) is 1. The van der Waals surface area contributed by atoms with E-state index in [0.717, 1.165) is 13.0 Å². The Kier molecular flexibility index (Phi) is 4.23. The topological polar surface area (TPSA) is 57.7 Å². The number of hydrogen-bond acceptors (Lipinski definition) is 4. The van der Waals surface area contributed by atoms with Crippen molar-refractivity contribution in [1.82, 2.24) is 9.80 Å². The molecule has 2 saturated heterocycles. The Morgan fingerprint density at radius 2 is 2.00 bits per heavy atom. The van der Waals surface area contributed by atoms with Gasteiger partial charge in [-0.2, -0.15) is 0 Å². The predicted molar refractivity (Wildman–Crippen MR) is 85.2 cm³/mol. The normalized spacial score (nSPS) is 26.9. The van der Waals surface area contributed by atoms with Gasteiger partial charge in [-0.15, -0.1) is 0 Å². The van der Waals surface area contributed by atoms with E-state index < -0.39 is 9.84 Å². The van der Waals surface area contributed by atoms with E-state index in [1.165, 1.54) is 5.56 Å². The number of hydrogen-bond donors (Lipinski definition) is 0. The molecule has 3 rings (SSSR count). The summed E-state index contributed by atoms with van der Waals surface area (Å²) < 4.78 is 23.1. The van der Waals surface area contributed by atoms with Crippen molar-refractivity contribution in [2.45, 2.75) is 24.9 Å². The van der Waals surface area contributed by atoms with Crippen LogP contribution in [0.4, 0.5) is 0 Å². The average molecular weight is 322 g/mol. The van der Waals surface area contributed by atoms with Gasteiger partial charge in [-0.1, -0.05) is 30.3 Å². The Bertz CT molecular complexity index is 645. The Balaban J connectivity index is 1.58. The van der Waals surface area contributed by atoms with E-state index in [2.05, 4.69) is 12.1 Å². The molecular weight excluding hydrogens is 300 g/mol. The second-order valence-electron chi connectivity index (χ2n) is 6.27. The molecule has 0 bridgehead atoms. The van der Waals surface area contributed by atoms with Crippen LogP contribution in [0.3, 0.4) is 0 Å². The molecule has 6 heteroatoms. The monoisotopic (exact) mass is 322 g/mol. The first-order chi connectivity index (χ1) is 10.5. The van der Waals surface area contributed by atoms with Crippen LogP contribution >= 0.6 is 0 Å². The first-order valence-electron chi connectivity index (χ1n) is 7.71. The second kappa shape index (κ2) is 6.01. The zero-order chi connectivity index (χ0) is 15.7. The molecular formula is C16H22N2O3S. The number of sulfone groups is 1. The lowest BCUT2D eigenvalue weighted by Gasteiger charge is -2.42. The molecule has 22 heavy (non-hydrogen) atoms. The van der Waals surface area contributed by atoms with E-state index in [-0.39, 0.29) is 29.5 Å². The molecule has 2 aliphatic heterocycles. The minimum atomic E-state index is -2.91. The molecule has 0 saturated carbocycles. The molecule has 0 aliphatic carbocycles. The standard InChI is InChI=1S/C16H22N2O3S/c1-17(14-8-10-22(20,21)12-14)11-16(19)18-9-7-15(18)13-5-3-2-4-6-13/h2-6,14-15H,7-12H2,1H3/t14-,15-/m0/s1. The van der Waals surface area contributed by atoms with Crippen LogP contribution in [0.1, 0.15) is 24.4 Å². The fraction of sp³-hybridized carbons (Fsp3) is 0.562. The van der Waals surface area contributed by atoms with Crippen LogP contribution in [-0.2, 0) is 14.6 Å². The molecule has 2 fully saturated rings. The molecule has 2 heterocycles. The first kappa shape index (κ1) is 15.5. The van der Waals surface area contributed by atoms with Crippen molar-refractivity contribution in [3.8, 4) is 0 Å². The summed E-state index contributed by atoms with van der Waals surface area (Å²) in [4.78, 5) is 16.3. The number of benzene rings is 1. The number of nitrogens with zero attached hydrogens (tertiary/aromatic N) is 2. The second-order valence-corrected chi connectivity index (χ2v) is 8.50. The van der Waals surface area contributed by atoms with Crippen molar-refractivity contribution >= 4 is 15.7 Å². The number of likely N-dealkylation sites (tertiary alicyclic amines) is 1. The Morgan fingerprint density at radius 1 is 1.27 bits per heavy atom. The molecule has 2 aliphatic rings. The van der Waals surface area contributed by atoms with Crippen LogP contribution in [0.25, 0.3) is 0 Å². The van der Waals surface area contributed by atoms with E-state index in [1.807, 2.05) is 35.0 Å². The summed E-state index contributed by atoms with van der Waals surface area (Å²) in [6.45, 7) is 1.08. The van der Waals surface area contributed by atoms with Gasteiger partial charge in [0.25, 0.3) is 0 Å². The van der Waals surface area contributed by atoms with E-state index in [0.29, 0.717) is 13.0 Å². The molecule has 120 valence electrons. The molecule has 1 amide bonds. The molecule has 1 aromatic rings. The van der Waals surface area contributed by atoms with Crippen molar-refractivity contribution in [2.24, 2.45) is 0 Å². The van der Waals surface area contributed by atoms with E-state index in [1.54, 1.807) is 0 Å². The summed E-state index contributed by atoms with van der Waals surface area (Å²) in [6, 6.07) is 10.2. The van der Waals surface area contributed by atoms with Crippen molar-refractivity contribution in [3.63, 3.8) is 0 Å². The first-order valence-corrected chi connectivity index (χ1v) is 9.53. The third kappa shape index (κ3) is 3.17. The van der Waals surface area contributed by atoms with E-state index in [4.69, 9.17) is 0 Å². The SMILES string of the molecule is CN(CC(=O)N1CC[C@H]1c1ccccc1)[C@H]1CCS(=O)(=O)C1. The lowest BCUT2D eigenvalue weighted by Crippen LogP contribution is -2.50. The van der Waals surface area contributed by atoms with Crippen molar-refractivity contribution < 1.29 is 13.2 Å². The molecule has 0 unspecified atom stereocenters. The zero-order valence-electron chi connectivity index (χ0n) is 12.8. The number of carbonyl (C=O) groups excluding carboxylic acids is 1. The molecule has 0 radical (unpaired) electrons. The minimum absolute atomic E-state index is 0.0228. The fourth-order valence-electron chi connectivity index (χ4n) is 3.26. The smallest absolute Gasteiger partial charge is 0.237 e. The van der Waals surface area contributed by atoms with Gasteiger partial charge in [-0.3, -0.25) is 9.69 Å². The molecule has 1 aromatic carbocycles. The third-order valence-electron chi connectivity index (χ3n) is 4.74. The van der Waals surface area contributed by atoms with Crippen molar-refractivity contribution in [3.05, 3.63) is 35.9 Å². The van der Waals surface area contributed by atoms with Crippen LogP contribution in [0.5, 0.6) is 0 Å². The van der Waals surface area contributed by atoms with Crippen molar-refractivity contribution in [2.75, 3.05) is 31.6 Å². The quantitative estimate of drug-likeness (QED) is 0.832. The van der Waals surface area contributed by atoms with Gasteiger partial charge in [0.1, 0.15) is 0 Å². The molecule has 0 spiro atoms. The lowest BCUT2D eigenvalue weighted by molar-refractivity contribution is -0.140. The van der Waals surface area contributed by atoms with Crippen LogP contribution < -0.4 is 0 Å². The Morgan fingerprint density at radius 3 is 2.55 bits per heavy atom. The van der Waals surface area contributed by atoms with Crippen LogP contribution in [-0.4, -0.2) is 61.8 Å². The highest BCUT2D eigenvalue weighted by Gasteiger charge is 2.36. The average Bonchev–Trinajstić information content (AvgIpc) is 2.79. The lowest BCUT2D eigenvalue weighted by atomic mass is 9.94. The van der Waals surface area contributed by atoms with Crippen LogP contribution in [0.15, 0.2) is 30.3 Å². The molecule has 5 nitrogen and oxygen atoms in total. The van der Waals surface area contributed by atoms with Gasteiger partial charge in [0.15, 0.2) is 9.84 Å². The van der Waals surface area contributed by atoms with Gasteiger partial charge in [0.05, 0.1) is 24.1 Å². The molecule has 0 N–H and O–H groups in total. The highest BCUT2D eigenvalue weighted by atomic mass is 32.2. The highest BCUT2D eigenvalue weighted by Crippen LogP contribution is 2.33. The minimum Gasteiger partial charge on any atom is -0.334 e. The van der Waals surface area contributed by atoms with Crippen molar-refractivity contribution in [1.29, 1.82) is 0 Å². The van der Waals surface area contributed by atoms with E-state index in [9.17, 15) is 13.2 Å². The largest absolute Gasteiger partial charge is 0.334 e. The van der Waals surface area contributed by atoms with Gasteiger partial charge in [0, 0.05) is 12.6 Å². The summed E-state index contributed by atoms with van der Waals surface area (Å²) in [6.07, 6.45) is 1.63. The Labute approximate surface area is 131 Å². The van der Waals surface area contributed by atoms with Gasteiger partial charge >= 0.3 is 0 Å². The van der Waals surface area contributed by atoms with E-state index >= 15 is 0 Å². The summed E-state index contributed by atoms with van der Waals surface area (Å²) >= 11 is 0. The molecule has 0 aromatic heterocycles. The maximum Gasteiger partial charge on any atom is 0.237 e. The summed E-state index contributed by atoms with van der Waals surface area (Å²) in [5.74, 6) is 0.512. The van der Waals surface area contributed by atoms with Crippen LogP contribution in [0.2, 0.25) is 0 Å². The zero-order valence-corrected chi connectivity index (χ0v) is 13.6. The maximum absolute atomic E-state index is 12.5. The highest BCUT2D eigenvalue weighted by molar-refractivity contribution is 7.91. The fourth-order valence-corrected chi connectivity index (χ4v) is 5.07. The van der Waals surface area contributed by atoms with Gasteiger partial charge in [-0.05, 0) is 25.5 Å². The summed E-state index contributed by atoms with van der Waals surface area (Å²) in [5.41, 5.74) is 1.17. The number of amides is 1. The van der Waals surface area contributed by atoms with Gasteiger partial charge in [-0.25, -0.2) is 8.42 Å². The number of rotatable bonds is 4. The molecule has 2 atom stereocenters.